The molecule has 0 fully saturated rings. The Labute approximate surface area is 199 Å². The average Bonchev–Trinajstić information content (AvgIpc) is 2.81. The number of rotatable bonds is 7. The number of carbonyl (C=O) groups excluding carboxylic acids is 3. The van der Waals surface area contributed by atoms with Crippen molar-refractivity contribution in [2.45, 2.75) is 0 Å². The van der Waals surface area contributed by atoms with Crippen LogP contribution in [0.2, 0.25) is 10.0 Å². The predicted molar refractivity (Wildman–Crippen MR) is 128 cm³/mol. The Morgan fingerprint density at radius 3 is 1.97 bits per heavy atom. The molecule has 0 bridgehead atoms. The SMILES string of the molecule is O=C(COc1ccc(/C=N\NC(=O)C(=O)Nc2ccccc2Cl)cc1)Nc1ccccc1Cl. The molecule has 0 aliphatic rings. The number of hydrogen-bond donors (Lipinski definition) is 3. The van der Waals surface area contributed by atoms with E-state index >= 15 is 0 Å². The number of halogens is 2. The van der Waals surface area contributed by atoms with Gasteiger partial charge in [0, 0.05) is 0 Å². The Bertz CT molecular complexity index is 1180. The van der Waals surface area contributed by atoms with Gasteiger partial charge in [-0.2, -0.15) is 5.10 Å². The van der Waals surface area contributed by atoms with Crippen molar-refractivity contribution >= 4 is 58.5 Å². The maximum atomic E-state index is 12.0. The van der Waals surface area contributed by atoms with Gasteiger partial charge >= 0.3 is 11.8 Å². The minimum Gasteiger partial charge on any atom is -0.484 e. The zero-order valence-electron chi connectivity index (χ0n) is 17.0. The van der Waals surface area contributed by atoms with Crippen molar-refractivity contribution in [1.82, 2.24) is 5.43 Å². The van der Waals surface area contributed by atoms with Gasteiger partial charge in [0.25, 0.3) is 5.91 Å². The molecule has 168 valence electrons. The lowest BCUT2D eigenvalue weighted by molar-refractivity contribution is -0.136. The molecule has 0 aromatic heterocycles. The second kappa shape index (κ2) is 11.7. The lowest BCUT2D eigenvalue weighted by Gasteiger charge is -2.08. The van der Waals surface area contributed by atoms with E-state index in [2.05, 4.69) is 21.2 Å². The number of nitrogens with one attached hydrogen (secondary N) is 3. The van der Waals surface area contributed by atoms with E-state index in [4.69, 9.17) is 27.9 Å². The minimum atomic E-state index is -0.948. The van der Waals surface area contributed by atoms with E-state index in [1.54, 1.807) is 72.8 Å². The van der Waals surface area contributed by atoms with Crippen LogP contribution in [0.1, 0.15) is 5.56 Å². The highest BCUT2D eigenvalue weighted by Crippen LogP contribution is 2.21. The Hall–Kier alpha value is -3.88. The Kier molecular flexibility index (Phi) is 8.40. The second-order valence-electron chi connectivity index (χ2n) is 6.52. The van der Waals surface area contributed by atoms with Gasteiger partial charge in [-0.3, -0.25) is 14.4 Å². The Morgan fingerprint density at radius 1 is 0.788 bits per heavy atom. The predicted octanol–water partition coefficient (Wildman–Crippen LogP) is 4.10. The molecule has 3 N–H and O–H groups in total. The van der Waals surface area contributed by atoms with Crippen molar-refractivity contribution in [2.75, 3.05) is 17.2 Å². The number of ether oxygens (including phenoxy) is 1. The van der Waals surface area contributed by atoms with Crippen LogP contribution in [0, 0.1) is 0 Å². The van der Waals surface area contributed by atoms with Gasteiger partial charge < -0.3 is 15.4 Å². The molecule has 0 saturated heterocycles. The van der Waals surface area contributed by atoms with E-state index in [0.29, 0.717) is 32.7 Å². The van der Waals surface area contributed by atoms with Crippen molar-refractivity contribution < 1.29 is 19.1 Å². The first-order chi connectivity index (χ1) is 15.9. The van der Waals surface area contributed by atoms with Crippen LogP contribution in [0.4, 0.5) is 11.4 Å². The molecule has 33 heavy (non-hydrogen) atoms. The molecular weight excluding hydrogens is 467 g/mol. The van der Waals surface area contributed by atoms with Crippen LogP contribution in [-0.4, -0.2) is 30.5 Å². The number of carbonyl (C=O) groups is 3. The normalized spacial score (nSPS) is 10.5. The van der Waals surface area contributed by atoms with Crippen molar-refractivity contribution in [1.29, 1.82) is 0 Å². The van der Waals surface area contributed by atoms with Gasteiger partial charge in [-0.05, 0) is 54.1 Å². The number of hydrogen-bond acceptors (Lipinski definition) is 5. The maximum Gasteiger partial charge on any atom is 0.329 e. The van der Waals surface area contributed by atoms with Crippen molar-refractivity contribution in [3.05, 3.63) is 88.4 Å². The summed E-state index contributed by atoms with van der Waals surface area (Å²) in [6, 6.07) is 20.0. The van der Waals surface area contributed by atoms with Gasteiger partial charge in [-0.15, -0.1) is 0 Å². The molecule has 3 amide bonds. The standard InChI is InChI=1S/C23H18Cl2N4O4/c24-17-5-1-3-7-19(17)27-21(30)14-33-16-11-9-15(10-12-16)13-26-29-23(32)22(31)28-20-8-4-2-6-18(20)25/h1-13H,14H2,(H,27,30)(H,28,31)(H,29,32)/b26-13-. The highest BCUT2D eigenvalue weighted by atomic mass is 35.5. The fourth-order valence-corrected chi connectivity index (χ4v) is 2.87. The quantitative estimate of drug-likeness (QED) is 0.266. The van der Waals surface area contributed by atoms with Crippen LogP contribution in [0.15, 0.2) is 77.9 Å². The van der Waals surface area contributed by atoms with Gasteiger partial charge in [0.15, 0.2) is 6.61 Å². The number of amides is 3. The first kappa shape index (κ1) is 23.8. The fourth-order valence-electron chi connectivity index (χ4n) is 2.51. The summed E-state index contributed by atoms with van der Waals surface area (Å²) in [6.45, 7) is -0.199. The Morgan fingerprint density at radius 2 is 1.36 bits per heavy atom. The van der Waals surface area contributed by atoms with E-state index in [0.717, 1.165) is 0 Å². The highest BCUT2D eigenvalue weighted by molar-refractivity contribution is 6.41. The first-order valence-corrected chi connectivity index (χ1v) is 10.3. The molecule has 3 rings (SSSR count). The monoisotopic (exact) mass is 484 g/mol. The third-order valence-corrected chi connectivity index (χ3v) is 4.77. The van der Waals surface area contributed by atoms with Gasteiger partial charge in [0.05, 0.1) is 27.6 Å². The minimum absolute atomic E-state index is 0.199. The van der Waals surface area contributed by atoms with E-state index < -0.39 is 11.8 Å². The van der Waals surface area contributed by atoms with Crippen LogP contribution in [0.3, 0.4) is 0 Å². The molecule has 8 nitrogen and oxygen atoms in total. The number of nitrogens with zero attached hydrogens (tertiary/aromatic N) is 1. The third kappa shape index (κ3) is 7.34. The molecule has 0 spiro atoms. The van der Waals surface area contributed by atoms with Crippen molar-refractivity contribution in [3.8, 4) is 5.75 Å². The largest absolute Gasteiger partial charge is 0.484 e. The molecule has 0 aliphatic heterocycles. The van der Waals surface area contributed by atoms with E-state index in [-0.39, 0.29) is 12.5 Å². The average molecular weight is 485 g/mol. The molecule has 0 heterocycles. The van der Waals surface area contributed by atoms with Crippen LogP contribution in [0.5, 0.6) is 5.75 Å². The molecule has 0 unspecified atom stereocenters. The van der Waals surface area contributed by atoms with E-state index in [9.17, 15) is 14.4 Å². The summed E-state index contributed by atoms with van der Waals surface area (Å²) in [7, 11) is 0. The van der Waals surface area contributed by atoms with Gasteiger partial charge in [0.1, 0.15) is 5.75 Å². The molecule has 0 aliphatic carbocycles. The van der Waals surface area contributed by atoms with Crippen LogP contribution < -0.4 is 20.8 Å². The van der Waals surface area contributed by atoms with E-state index in [1.165, 1.54) is 6.21 Å². The van der Waals surface area contributed by atoms with E-state index in [1.807, 2.05) is 0 Å². The smallest absolute Gasteiger partial charge is 0.329 e. The van der Waals surface area contributed by atoms with Gasteiger partial charge in [-0.1, -0.05) is 47.5 Å². The van der Waals surface area contributed by atoms with Gasteiger partial charge in [-0.25, -0.2) is 5.43 Å². The zero-order chi connectivity index (χ0) is 23.6. The Balaban J connectivity index is 1.44. The van der Waals surface area contributed by atoms with Crippen molar-refractivity contribution in [3.63, 3.8) is 0 Å². The summed E-state index contributed by atoms with van der Waals surface area (Å²) < 4.78 is 5.44. The summed E-state index contributed by atoms with van der Waals surface area (Å²) in [5.41, 5.74) is 3.59. The topological polar surface area (TPSA) is 109 Å². The lowest BCUT2D eigenvalue weighted by Crippen LogP contribution is -2.32. The molecule has 3 aromatic carbocycles. The summed E-state index contributed by atoms with van der Waals surface area (Å²) in [4.78, 5) is 35.8. The second-order valence-corrected chi connectivity index (χ2v) is 7.33. The molecule has 3 aromatic rings. The fraction of sp³-hybridized carbons (Fsp3) is 0.0435. The molecule has 0 radical (unpaired) electrons. The van der Waals surface area contributed by atoms with Crippen LogP contribution >= 0.6 is 23.2 Å². The zero-order valence-corrected chi connectivity index (χ0v) is 18.6. The first-order valence-electron chi connectivity index (χ1n) is 9.58. The summed E-state index contributed by atoms with van der Waals surface area (Å²) in [5.74, 6) is -1.74. The van der Waals surface area contributed by atoms with Crippen LogP contribution in [-0.2, 0) is 14.4 Å². The maximum absolute atomic E-state index is 12.0. The van der Waals surface area contributed by atoms with Crippen molar-refractivity contribution in [2.24, 2.45) is 5.10 Å². The summed E-state index contributed by atoms with van der Waals surface area (Å²) in [6.07, 6.45) is 1.36. The number of benzene rings is 3. The molecule has 0 atom stereocenters. The lowest BCUT2D eigenvalue weighted by atomic mass is 10.2. The van der Waals surface area contributed by atoms with Crippen LogP contribution in [0.25, 0.3) is 0 Å². The molecular formula is C23H18Cl2N4O4. The third-order valence-electron chi connectivity index (χ3n) is 4.11. The molecule has 10 heteroatoms. The number of hydrazone groups is 1. The number of anilines is 2. The summed E-state index contributed by atoms with van der Waals surface area (Å²) >= 11 is 11.9. The highest BCUT2D eigenvalue weighted by Gasteiger charge is 2.14. The number of para-hydroxylation sites is 2. The summed E-state index contributed by atoms with van der Waals surface area (Å²) in [5, 5.41) is 9.55. The molecule has 0 saturated carbocycles. The van der Waals surface area contributed by atoms with Gasteiger partial charge in [0.2, 0.25) is 0 Å².